The molecule has 11 aromatic carbocycles. The number of aromatic nitrogens is 1. The van der Waals surface area contributed by atoms with Crippen LogP contribution in [0.2, 0.25) is 13.1 Å². The number of nitrogens with zero attached hydrogens (tertiary/aromatic N) is 2. The van der Waals surface area contributed by atoms with Crippen molar-refractivity contribution in [1.82, 2.24) is 4.57 Å². The van der Waals surface area contributed by atoms with Crippen molar-refractivity contribution >= 4 is 78.9 Å². The second-order valence-corrected chi connectivity index (χ2v) is 25.5. The predicted octanol–water partition coefficient (Wildman–Crippen LogP) is 16.4. The first-order chi connectivity index (χ1) is 34.7. The largest absolute Gasteiger partial charge is 0.310 e. The summed E-state index contributed by atoms with van der Waals surface area (Å²) in [4.78, 5) is 2.55. The summed E-state index contributed by atoms with van der Waals surface area (Å²) in [5.74, 6) is 0. The molecular formula is C68H50N2Si. The van der Waals surface area contributed by atoms with Gasteiger partial charge in [-0.15, -0.1) is 0 Å². The fourth-order valence-electron chi connectivity index (χ4n) is 13.8. The van der Waals surface area contributed by atoms with E-state index in [0.717, 1.165) is 5.69 Å². The summed E-state index contributed by atoms with van der Waals surface area (Å²) >= 11 is 0. The van der Waals surface area contributed by atoms with Crippen molar-refractivity contribution in [1.29, 1.82) is 0 Å². The molecule has 0 saturated carbocycles. The lowest BCUT2D eigenvalue weighted by Gasteiger charge is -2.50. The topological polar surface area (TPSA) is 8.17 Å². The SMILES string of the molecule is CC1(C)c2ccccc2-c2ccc(-n3c4ccccc4c4cc(N(c5ccc6c(c5)[Si](C)(C)c5ccccc5C65c6ccccc6-c6cccc7cccc5c67)c5cccc6ccccc56)ccc43)cc21. The number of hydrogen-bond acceptors (Lipinski definition) is 1. The van der Waals surface area contributed by atoms with E-state index < -0.39 is 13.5 Å². The first-order valence-electron chi connectivity index (χ1n) is 25.2. The van der Waals surface area contributed by atoms with E-state index in [-0.39, 0.29) is 5.41 Å². The summed E-state index contributed by atoms with van der Waals surface area (Å²) in [6.07, 6.45) is 0. The first kappa shape index (κ1) is 40.6. The molecule has 0 radical (unpaired) electrons. The molecule has 71 heavy (non-hydrogen) atoms. The van der Waals surface area contributed by atoms with Crippen LogP contribution >= 0.6 is 0 Å². The summed E-state index contributed by atoms with van der Waals surface area (Å²) in [5, 5.41) is 10.5. The lowest BCUT2D eigenvalue weighted by molar-refractivity contribution is 0.660. The van der Waals surface area contributed by atoms with Crippen molar-refractivity contribution < 1.29 is 0 Å². The molecule has 0 N–H and O–H groups in total. The lowest BCUT2D eigenvalue weighted by atomic mass is 9.59. The molecule has 1 unspecified atom stereocenters. The van der Waals surface area contributed by atoms with Crippen LogP contribution in [0, 0.1) is 0 Å². The minimum Gasteiger partial charge on any atom is -0.310 e. The van der Waals surface area contributed by atoms with E-state index in [1.54, 1.807) is 0 Å². The third kappa shape index (κ3) is 5.31. The average molecular weight is 923 g/mol. The van der Waals surface area contributed by atoms with Gasteiger partial charge >= 0.3 is 0 Å². The van der Waals surface area contributed by atoms with Gasteiger partial charge in [0, 0.05) is 38.6 Å². The highest BCUT2D eigenvalue weighted by atomic mass is 28.3. The molecule has 12 aromatic rings. The van der Waals surface area contributed by atoms with Crippen molar-refractivity contribution in [2.24, 2.45) is 0 Å². The van der Waals surface area contributed by atoms with Gasteiger partial charge < -0.3 is 9.47 Å². The van der Waals surface area contributed by atoms with Crippen LogP contribution in [0.4, 0.5) is 17.1 Å². The first-order valence-corrected chi connectivity index (χ1v) is 28.2. The standard InChI is InChI=1S/C68H50N2Si/c1-67(2)55-27-10-7-23-49(55)51-37-34-46(41-60(51)67)70-62-31-13-9-25-52(62)54-40-45(36-39-63(54)70)69(61-32-17-19-43-18-5-6-22-48(43)61)47-35-38-58-65(42-47)71(3,4)64-33-14-12-29-57(64)68(58)56-28-11-8-24-50(56)53-26-15-20-44-21-16-30-59(68)66(44)53/h5-42H,1-4H3. The van der Waals surface area contributed by atoms with Gasteiger partial charge in [-0.25, -0.2) is 0 Å². The van der Waals surface area contributed by atoms with E-state index in [9.17, 15) is 0 Å². The quantitative estimate of drug-likeness (QED) is 0.160. The van der Waals surface area contributed by atoms with E-state index in [1.165, 1.54) is 126 Å². The van der Waals surface area contributed by atoms with Crippen molar-refractivity contribution in [3.05, 3.63) is 264 Å². The normalized spacial score (nSPS) is 16.5. The summed E-state index contributed by atoms with van der Waals surface area (Å²) in [6, 6.07) is 87.9. The molecule has 1 aromatic heterocycles. The summed E-state index contributed by atoms with van der Waals surface area (Å²) in [5.41, 5.74) is 20.1. The zero-order chi connectivity index (χ0) is 47.4. The second-order valence-electron chi connectivity index (χ2n) is 21.2. The van der Waals surface area contributed by atoms with Gasteiger partial charge in [0.05, 0.1) is 22.1 Å². The molecule has 0 saturated heterocycles. The summed E-state index contributed by atoms with van der Waals surface area (Å²) in [7, 11) is -2.35. The molecule has 1 aliphatic heterocycles. The van der Waals surface area contributed by atoms with Gasteiger partial charge in [-0.1, -0.05) is 203 Å². The molecule has 0 amide bonds. The van der Waals surface area contributed by atoms with E-state index >= 15 is 0 Å². The predicted molar refractivity (Wildman–Crippen MR) is 302 cm³/mol. The second kappa shape index (κ2) is 14.4. The Morgan fingerprint density at radius 2 is 0.958 bits per heavy atom. The fraction of sp³-hybridized carbons (Fsp3) is 0.0882. The van der Waals surface area contributed by atoms with Crippen molar-refractivity contribution in [3.63, 3.8) is 0 Å². The minimum absolute atomic E-state index is 0.0982. The average Bonchev–Trinajstić information content (AvgIpc) is 3.87. The molecular weight excluding hydrogens is 873 g/mol. The molecule has 2 aliphatic carbocycles. The number of benzene rings is 11. The number of anilines is 3. The van der Waals surface area contributed by atoms with E-state index in [0.29, 0.717) is 0 Å². The van der Waals surface area contributed by atoms with Crippen molar-refractivity contribution in [3.8, 4) is 27.9 Å². The maximum atomic E-state index is 2.60. The lowest BCUT2D eigenvalue weighted by Crippen LogP contribution is -2.63. The Hall–Kier alpha value is -8.24. The maximum absolute atomic E-state index is 2.60. The van der Waals surface area contributed by atoms with Gasteiger partial charge in [-0.05, 0) is 137 Å². The Kier molecular flexibility index (Phi) is 8.25. The Bertz CT molecular complexity index is 4250. The van der Waals surface area contributed by atoms with Crippen LogP contribution in [-0.4, -0.2) is 12.6 Å². The zero-order valence-electron chi connectivity index (χ0n) is 40.3. The highest BCUT2D eigenvalue weighted by Gasteiger charge is 2.52. The number of rotatable bonds is 4. The molecule has 0 bridgehead atoms. The number of fused-ring (bicyclic) bond motifs is 15. The van der Waals surface area contributed by atoms with E-state index in [1.807, 2.05) is 0 Å². The monoisotopic (exact) mass is 922 g/mol. The van der Waals surface area contributed by atoms with E-state index in [4.69, 9.17) is 0 Å². The molecule has 3 heteroatoms. The maximum Gasteiger partial charge on any atom is 0.113 e. The van der Waals surface area contributed by atoms with Gasteiger partial charge in [0.25, 0.3) is 0 Å². The molecule has 15 rings (SSSR count). The van der Waals surface area contributed by atoms with Crippen LogP contribution in [0.15, 0.2) is 231 Å². The molecule has 2 nitrogen and oxygen atoms in total. The molecule has 1 spiro atoms. The van der Waals surface area contributed by atoms with Gasteiger partial charge in [0.1, 0.15) is 8.07 Å². The Labute approximate surface area is 415 Å². The zero-order valence-corrected chi connectivity index (χ0v) is 41.3. The van der Waals surface area contributed by atoms with Crippen LogP contribution in [0.5, 0.6) is 0 Å². The van der Waals surface area contributed by atoms with Crippen LogP contribution in [0.3, 0.4) is 0 Å². The van der Waals surface area contributed by atoms with Crippen molar-refractivity contribution in [2.45, 2.75) is 37.8 Å². The number of hydrogen-bond donors (Lipinski definition) is 0. The third-order valence-electron chi connectivity index (χ3n) is 17.0. The number of para-hydroxylation sites is 1. The van der Waals surface area contributed by atoms with Gasteiger partial charge in [-0.3, -0.25) is 0 Å². The van der Waals surface area contributed by atoms with Crippen LogP contribution in [0.25, 0.3) is 71.3 Å². The Balaban J connectivity index is 0.981. The molecule has 3 aliphatic rings. The van der Waals surface area contributed by atoms with Crippen molar-refractivity contribution in [2.75, 3.05) is 4.90 Å². The highest BCUT2D eigenvalue weighted by molar-refractivity contribution is 7.01. The summed E-state index contributed by atoms with van der Waals surface area (Å²) in [6.45, 7) is 9.90. The molecule has 336 valence electrons. The van der Waals surface area contributed by atoms with Gasteiger partial charge in [-0.2, -0.15) is 0 Å². The van der Waals surface area contributed by atoms with Crippen LogP contribution in [0.1, 0.15) is 47.2 Å². The molecule has 0 fully saturated rings. The smallest absolute Gasteiger partial charge is 0.113 e. The van der Waals surface area contributed by atoms with Gasteiger partial charge in [0.2, 0.25) is 0 Å². The molecule has 1 atom stereocenters. The Morgan fingerprint density at radius 1 is 0.380 bits per heavy atom. The molecule has 2 heterocycles. The van der Waals surface area contributed by atoms with Crippen LogP contribution in [-0.2, 0) is 10.8 Å². The van der Waals surface area contributed by atoms with Gasteiger partial charge in [0.15, 0.2) is 0 Å². The van der Waals surface area contributed by atoms with Crippen LogP contribution < -0.4 is 15.3 Å². The summed E-state index contributed by atoms with van der Waals surface area (Å²) < 4.78 is 2.49. The third-order valence-corrected chi connectivity index (χ3v) is 20.6. The highest BCUT2D eigenvalue weighted by Crippen LogP contribution is 2.57. The Morgan fingerprint density at radius 3 is 1.82 bits per heavy atom. The van der Waals surface area contributed by atoms with E-state index in [2.05, 4.69) is 267 Å². The minimum atomic E-state index is -2.35. The fourth-order valence-corrected chi connectivity index (χ4v) is 17.0.